The quantitative estimate of drug-likeness (QED) is 0.568. The molecule has 2 rings (SSSR count). The van der Waals surface area contributed by atoms with E-state index in [4.69, 9.17) is 5.84 Å². The molecule has 0 radical (unpaired) electrons. The minimum absolute atomic E-state index is 0.121. The summed E-state index contributed by atoms with van der Waals surface area (Å²) < 4.78 is 52.3. The second-order valence-corrected chi connectivity index (χ2v) is 5.76. The number of nitrogens with one attached hydrogen (secondary N) is 2. The van der Waals surface area contributed by atoms with Gasteiger partial charge in [-0.15, -0.1) is 0 Å². The molecule has 1 aromatic heterocycles. The summed E-state index contributed by atoms with van der Waals surface area (Å²) in [4.78, 5) is 3.74. The monoisotopic (exact) mass is 314 g/mol. The lowest BCUT2D eigenvalue weighted by Gasteiger charge is -2.10. The van der Waals surface area contributed by atoms with Gasteiger partial charge in [-0.1, -0.05) is 6.07 Å². The van der Waals surface area contributed by atoms with Gasteiger partial charge in [0.2, 0.25) is 0 Å². The predicted octanol–water partition coefficient (Wildman–Crippen LogP) is 1.12. The lowest BCUT2D eigenvalue weighted by Crippen LogP contribution is -2.26. The van der Waals surface area contributed by atoms with Crippen molar-refractivity contribution in [2.45, 2.75) is 11.6 Å². The average molecular weight is 314 g/mol. The Morgan fingerprint density at radius 2 is 1.95 bits per heavy atom. The van der Waals surface area contributed by atoms with Gasteiger partial charge in [0, 0.05) is 12.7 Å². The summed E-state index contributed by atoms with van der Waals surface area (Å²) in [5.41, 5.74) is 2.62. The number of nitrogen functional groups attached to an aromatic ring is 1. The second kappa shape index (κ2) is 6.12. The summed E-state index contributed by atoms with van der Waals surface area (Å²) in [5.74, 6) is 3.17. The molecule has 0 aliphatic carbocycles. The highest BCUT2D eigenvalue weighted by atomic mass is 32.2. The summed E-state index contributed by atoms with van der Waals surface area (Å²) >= 11 is 0. The van der Waals surface area contributed by atoms with E-state index in [1.165, 1.54) is 24.4 Å². The van der Waals surface area contributed by atoms with E-state index in [0.29, 0.717) is 0 Å². The van der Waals surface area contributed by atoms with Gasteiger partial charge in [-0.3, -0.25) is 5.84 Å². The molecule has 0 saturated heterocycles. The Balaban J connectivity index is 2.20. The topological polar surface area (TPSA) is 97.1 Å². The van der Waals surface area contributed by atoms with Crippen molar-refractivity contribution in [2.75, 3.05) is 5.43 Å². The van der Waals surface area contributed by atoms with Crippen molar-refractivity contribution in [2.24, 2.45) is 5.84 Å². The Morgan fingerprint density at radius 1 is 1.19 bits per heavy atom. The summed E-state index contributed by atoms with van der Waals surface area (Å²) in [7, 11) is -3.94. The number of hydrogen-bond donors (Lipinski definition) is 3. The molecule has 0 saturated carbocycles. The van der Waals surface area contributed by atoms with Crippen LogP contribution in [0.5, 0.6) is 0 Å². The third-order valence-corrected chi connectivity index (χ3v) is 3.99. The summed E-state index contributed by atoms with van der Waals surface area (Å²) in [6, 6.07) is 6.08. The highest BCUT2D eigenvalue weighted by Gasteiger charge is 2.19. The zero-order chi connectivity index (χ0) is 15.5. The maximum atomic E-state index is 13.0. The maximum absolute atomic E-state index is 13.0. The molecule has 0 amide bonds. The minimum Gasteiger partial charge on any atom is -0.321 e. The first kappa shape index (κ1) is 15.3. The number of pyridine rings is 1. The van der Waals surface area contributed by atoms with Crippen molar-refractivity contribution in [3.8, 4) is 0 Å². The summed E-state index contributed by atoms with van der Waals surface area (Å²) in [6.07, 6.45) is 1.30. The van der Waals surface area contributed by atoms with Crippen LogP contribution in [0.15, 0.2) is 41.6 Å². The van der Waals surface area contributed by atoms with Crippen molar-refractivity contribution in [3.63, 3.8) is 0 Å². The second-order valence-electron chi connectivity index (χ2n) is 4.07. The Morgan fingerprint density at radius 3 is 2.62 bits per heavy atom. The number of rotatable bonds is 5. The maximum Gasteiger partial charge on any atom is 0.260 e. The fourth-order valence-corrected chi connectivity index (χ4v) is 2.72. The van der Waals surface area contributed by atoms with Gasteiger partial charge >= 0.3 is 0 Å². The van der Waals surface area contributed by atoms with Crippen LogP contribution in [0.1, 0.15) is 5.56 Å². The van der Waals surface area contributed by atoms with Gasteiger partial charge in [-0.05, 0) is 29.8 Å². The molecule has 9 heteroatoms. The van der Waals surface area contributed by atoms with Crippen LogP contribution in [0.4, 0.5) is 14.5 Å². The van der Waals surface area contributed by atoms with Gasteiger partial charge in [-0.25, -0.2) is 26.9 Å². The van der Waals surface area contributed by atoms with E-state index in [9.17, 15) is 17.2 Å². The van der Waals surface area contributed by atoms with Gasteiger partial charge in [0.1, 0.15) is 0 Å². The molecule has 0 spiro atoms. The van der Waals surface area contributed by atoms with Gasteiger partial charge in [0.25, 0.3) is 10.0 Å². The number of anilines is 1. The molecule has 21 heavy (non-hydrogen) atoms. The largest absolute Gasteiger partial charge is 0.321 e. The molecule has 4 N–H and O–H groups in total. The van der Waals surface area contributed by atoms with E-state index in [1.54, 1.807) is 0 Å². The van der Waals surface area contributed by atoms with E-state index in [-0.39, 0.29) is 22.8 Å². The first-order chi connectivity index (χ1) is 9.94. The number of aromatic nitrogens is 1. The Kier molecular flexibility index (Phi) is 4.46. The lowest BCUT2D eigenvalue weighted by molar-refractivity contribution is 0.506. The van der Waals surface area contributed by atoms with Gasteiger partial charge in [0.05, 0.1) is 5.69 Å². The molecular weight excluding hydrogens is 302 g/mol. The molecule has 2 aromatic rings. The van der Waals surface area contributed by atoms with Crippen LogP contribution in [-0.4, -0.2) is 13.4 Å². The third-order valence-electron chi connectivity index (χ3n) is 2.63. The van der Waals surface area contributed by atoms with Crippen LogP contribution in [-0.2, 0) is 16.6 Å². The van der Waals surface area contributed by atoms with Crippen LogP contribution in [0, 0.1) is 11.6 Å². The summed E-state index contributed by atoms with van der Waals surface area (Å²) in [5, 5.41) is -0.282. The van der Waals surface area contributed by atoms with E-state index in [0.717, 1.165) is 12.1 Å². The minimum atomic E-state index is -3.94. The van der Waals surface area contributed by atoms with Crippen molar-refractivity contribution < 1.29 is 17.2 Å². The molecule has 1 aromatic carbocycles. The van der Waals surface area contributed by atoms with E-state index in [1.807, 2.05) is 0 Å². The Bertz CT molecular complexity index is 753. The first-order valence-electron chi connectivity index (χ1n) is 5.79. The standard InChI is InChI=1S/C12H12F2N4O2S/c13-9-4-3-8(6-10(9)14)7-17-21(19,20)12-11(18-15)2-1-5-16-12/h1-6,17-18H,7,15H2. The van der Waals surface area contributed by atoms with Crippen molar-refractivity contribution in [1.82, 2.24) is 9.71 Å². The van der Waals surface area contributed by atoms with Crippen LogP contribution in [0.3, 0.4) is 0 Å². The predicted molar refractivity (Wildman–Crippen MR) is 72.4 cm³/mol. The first-order valence-corrected chi connectivity index (χ1v) is 7.27. The molecular formula is C12H12F2N4O2S. The Hall–Kier alpha value is -2.10. The van der Waals surface area contributed by atoms with E-state index >= 15 is 0 Å². The number of nitrogens with zero attached hydrogens (tertiary/aromatic N) is 1. The van der Waals surface area contributed by atoms with Crippen LogP contribution < -0.4 is 16.0 Å². The molecule has 0 atom stereocenters. The number of hydrazine groups is 1. The lowest BCUT2D eigenvalue weighted by atomic mass is 10.2. The highest BCUT2D eigenvalue weighted by Crippen LogP contribution is 2.17. The molecule has 0 unspecified atom stereocenters. The van der Waals surface area contributed by atoms with E-state index < -0.39 is 21.7 Å². The smallest absolute Gasteiger partial charge is 0.260 e. The van der Waals surface area contributed by atoms with Gasteiger partial charge < -0.3 is 5.43 Å². The fourth-order valence-electron chi connectivity index (χ4n) is 1.61. The Labute approximate surface area is 120 Å². The van der Waals surface area contributed by atoms with Crippen LogP contribution in [0.25, 0.3) is 0 Å². The van der Waals surface area contributed by atoms with Crippen LogP contribution >= 0.6 is 0 Å². The number of halogens is 2. The SMILES string of the molecule is NNc1cccnc1S(=O)(=O)NCc1ccc(F)c(F)c1. The van der Waals surface area contributed by atoms with Crippen molar-refractivity contribution in [3.05, 3.63) is 53.7 Å². The van der Waals surface area contributed by atoms with E-state index in [2.05, 4.69) is 15.1 Å². The number of benzene rings is 1. The molecule has 1 heterocycles. The van der Waals surface area contributed by atoms with Crippen LogP contribution in [0.2, 0.25) is 0 Å². The molecule has 0 bridgehead atoms. The van der Waals surface area contributed by atoms with Gasteiger partial charge in [0.15, 0.2) is 16.7 Å². The fraction of sp³-hybridized carbons (Fsp3) is 0.0833. The normalized spacial score (nSPS) is 11.4. The summed E-state index contributed by atoms with van der Waals surface area (Å²) in [6.45, 7) is -0.208. The molecule has 0 aliphatic heterocycles. The molecule has 0 aliphatic rings. The number of nitrogens with two attached hydrogens (primary N) is 1. The number of sulfonamides is 1. The molecule has 6 nitrogen and oxygen atoms in total. The molecule has 0 fully saturated rings. The molecule has 112 valence electrons. The average Bonchev–Trinajstić information content (AvgIpc) is 2.48. The highest BCUT2D eigenvalue weighted by molar-refractivity contribution is 7.89. The third kappa shape index (κ3) is 3.51. The van der Waals surface area contributed by atoms with Crippen molar-refractivity contribution >= 4 is 15.7 Å². The van der Waals surface area contributed by atoms with Crippen molar-refractivity contribution in [1.29, 1.82) is 0 Å². The van der Waals surface area contributed by atoms with Gasteiger partial charge in [-0.2, -0.15) is 0 Å². The number of hydrogen-bond acceptors (Lipinski definition) is 5. The zero-order valence-corrected chi connectivity index (χ0v) is 11.5. The zero-order valence-electron chi connectivity index (χ0n) is 10.7.